The molecule has 184 valence electrons. The monoisotopic (exact) mass is 465 g/mol. The number of hydrogen-bond acceptors (Lipinski definition) is 6. The molecule has 2 N–H and O–H groups in total. The molecule has 33 heavy (non-hydrogen) atoms. The van der Waals surface area contributed by atoms with Crippen molar-refractivity contribution in [1.82, 2.24) is 25.7 Å². The summed E-state index contributed by atoms with van der Waals surface area (Å²) >= 11 is 0. The number of hydroxylamine groups is 2. The second kappa shape index (κ2) is 8.66. The van der Waals surface area contributed by atoms with Gasteiger partial charge in [-0.3, -0.25) is 25.3 Å². The molecular formula is C22H35N5O6. The molecule has 3 aliphatic heterocycles. The van der Waals surface area contributed by atoms with E-state index in [-0.39, 0.29) is 36.5 Å². The van der Waals surface area contributed by atoms with Gasteiger partial charge < -0.3 is 14.5 Å². The van der Waals surface area contributed by atoms with Crippen molar-refractivity contribution < 1.29 is 28.8 Å². The Labute approximate surface area is 194 Å². The minimum atomic E-state index is -0.643. The summed E-state index contributed by atoms with van der Waals surface area (Å²) in [6, 6.07) is -0.941. The van der Waals surface area contributed by atoms with Crippen LogP contribution in [0.2, 0.25) is 0 Å². The molecule has 11 nitrogen and oxygen atoms in total. The number of hydrazine groups is 1. The number of fused-ring (bicyclic) bond motifs is 3. The number of likely N-dealkylation sites (tertiary alicyclic amines) is 1. The highest BCUT2D eigenvalue weighted by Crippen LogP contribution is 2.59. The van der Waals surface area contributed by atoms with Gasteiger partial charge in [-0.15, -0.1) is 0 Å². The topological polar surface area (TPSA) is 121 Å². The molecule has 1 aliphatic carbocycles. The minimum Gasteiger partial charge on any atom is -0.444 e. The number of urea groups is 1. The smallest absolute Gasteiger partial charge is 0.410 e. The molecule has 0 aromatic heterocycles. The first kappa shape index (κ1) is 23.6. The van der Waals surface area contributed by atoms with E-state index in [4.69, 9.17) is 9.57 Å². The van der Waals surface area contributed by atoms with E-state index in [9.17, 15) is 19.2 Å². The summed E-state index contributed by atoms with van der Waals surface area (Å²) in [5.74, 6) is -1.19. The number of carbonyl (C=O) groups excluding carboxylic acids is 4. The summed E-state index contributed by atoms with van der Waals surface area (Å²) in [6.07, 6.45) is 3.87. The third kappa shape index (κ3) is 4.73. The summed E-state index contributed by atoms with van der Waals surface area (Å²) in [7, 11) is 0. The Morgan fingerprint density at radius 2 is 1.76 bits per heavy atom. The van der Waals surface area contributed by atoms with Crippen LogP contribution >= 0.6 is 0 Å². The van der Waals surface area contributed by atoms with E-state index in [1.165, 1.54) is 9.96 Å². The number of nitrogens with one attached hydrogen (secondary N) is 2. The zero-order valence-corrected chi connectivity index (χ0v) is 19.9. The predicted molar refractivity (Wildman–Crippen MR) is 116 cm³/mol. The summed E-state index contributed by atoms with van der Waals surface area (Å²) in [6.45, 7) is 8.83. The Morgan fingerprint density at radius 3 is 2.36 bits per heavy atom. The lowest BCUT2D eigenvalue weighted by Crippen LogP contribution is -2.61. The number of unbranched alkanes of at least 4 members (excludes halogenated alkanes) is 1. The fourth-order valence-electron chi connectivity index (χ4n) is 4.75. The van der Waals surface area contributed by atoms with Crippen LogP contribution in [0.1, 0.15) is 59.8 Å². The van der Waals surface area contributed by atoms with Gasteiger partial charge in [0.05, 0.1) is 18.6 Å². The van der Waals surface area contributed by atoms with Crippen molar-refractivity contribution >= 4 is 23.9 Å². The average molecular weight is 466 g/mol. The molecule has 0 aromatic carbocycles. The lowest BCUT2D eigenvalue weighted by molar-refractivity contribution is -0.145. The number of hydrogen-bond donors (Lipinski definition) is 2. The summed E-state index contributed by atoms with van der Waals surface area (Å²) in [4.78, 5) is 59.0. The molecular weight excluding hydrogens is 430 g/mol. The molecule has 4 fully saturated rings. The Hall–Kier alpha value is -2.56. The summed E-state index contributed by atoms with van der Waals surface area (Å²) in [5.41, 5.74) is 4.28. The maximum absolute atomic E-state index is 12.9. The minimum absolute atomic E-state index is 0.0192. The highest BCUT2D eigenvalue weighted by molar-refractivity contribution is 5.91. The van der Waals surface area contributed by atoms with Crippen molar-refractivity contribution in [2.45, 2.75) is 77.5 Å². The second-order valence-corrected chi connectivity index (χ2v) is 10.6. The van der Waals surface area contributed by atoms with Gasteiger partial charge >= 0.3 is 12.1 Å². The molecule has 11 heteroatoms. The number of amides is 5. The van der Waals surface area contributed by atoms with Crippen LogP contribution < -0.4 is 10.9 Å². The molecule has 0 aromatic rings. The first-order valence-electron chi connectivity index (χ1n) is 11.8. The van der Waals surface area contributed by atoms with Gasteiger partial charge in [0.1, 0.15) is 11.6 Å². The van der Waals surface area contributed by atoms with Crippen LogP contribution in [0.15, 0.2) is 0 Å². The van der Waals surface area contributed by atoms with Gasteiger partial charge in [-0.2, -0.15) is 5.06 Å². The number of piperidine rings is 1. The number of nitrogens with zero attached hydrogens (tertiary/aromatic N) is 3. The van der Waals surface area contributed by atoms with Gasteiger partial charge in [0.25, 0.3) is 5.91 Å². The Morgan fingerprint density at radius 1 is 1.09 bits per heavy atom. The number of rotatable bonds is 6. The van der Waals surface area contributed by atoms with Crippen molar-refractivity contribution in [3.63, 3.8) is 0 Å². The van der Waals surface area contributed by atoms with Gasteiger partial charge in [0.2, 0.25) is 5.91 Å². The average Bonchev–Trinajstić information content (AvgIpc) is 3.40. The fourth-order valence-corrected chi connectivity index (χ4v) is 4.75. The molecule has 4 rings (SSSR count). The summed E-state index contributed by atoms with van der Waals surface area (Å²) in [5, 5.41) is 1.48. The molecule has 2 bridgehead atoms. The Bertz CT molecular complexity index is 817. The lowest BCUT2D eigenvalue weighted by Gasteiger charge is -2.39. The Kier molecular flexibility index (Phi) is 6.19. The van der Waals surface area contributed by atoms with Crippen LogP contribution in [0.3, 0.4) is 0 Å². The van der Waals surface area contributed by atoms with Gasteiger partial charge in [-0.1, -0.05) is 13.3 Å². The van der Waals surface area contributed by atoms with Gasteiger partial charge in [-0.05, 0) is 51.9 Å². The van der Waals surface area contributed by atoms with Crippen LogP contribution in [0, 0.1) is 11.3 Å². The molecule has 2 atom stereocenters. The van der Waals surface area contributed by atoms with E-state index in [0.29, 0.717) is 19.6 Å². The van der Waals surface area contributed by atoms with Crippen molar-refractivity contribution in [2.24, 2.45) is 11.3 Å². The largest absolute Gasteiger partial charge is 0.444 e. The number of carbonyl (C=O) groups is 4. The van der Waals surface area contributed by atoms with Crippen molar-refractivity contribution in [2.75, 3.05) is 26.2 Å². The van der Waals surface area contributed by atoms with Crippen LogP contribution in [-0.4, -0.2) is 82.7 Å². The van der Waals surface area contributed by atoms with Crippen molar-refractivity contribution in [3.8, 4) is 0 Å². The molecule has 5 amide bonds. The Balaban J connectivity index is 1.27. The van der Waals surface area contributed by atoms with E-state index >= 15 is 0 Å². The molecule has 4 aliphatic rings. The van der Waals surface area contributed by atoms with Gasteiger partial charge in [0.15, 0.2) is 0 Å². The zero-order valence-electron chi connectivity index (χ0n) is 19.9. The molecule has 3 heterocycles. The predicted octanol–water partition coefficient (Wildman–Crippen LogP) is 1.39. The fraction of sp³-hybridized carbons (Fsp3) is 0.818. The quantitative estimate of drug-likeness (QED) is 0.452. The molecule has 1 saturated carbocycles. The van der Waals surface area contributed by atoms with Crippen LogP contribution in [0.25, 0.3) is 0 Å². The van der Waals surface area contributed by atoms with Crippen LogP contribution in [0.4, 0.5) is 9.59 Å². The molecule has 0 radical (unpaired) electrons. The van der Waals surface area contributed by atoms with E-state index < -0.39 is 29.6 Å². The van der Waals surface area contributed by atoms with E-state index in [2.05, 4.69) is 17.8 Å². The van der Waals surface area contributed by atoms with Crippen molar-refractivity contribution in [3.05, 3.63) is 0 Å². The van der Waals surface area contributed by atoms with E-state index in [0.717, 1.165) is 25.7 Å². The molecule has 0 unspecified atom stereocenters. The zero-order chi connectivity index (χ0) is 24.0. The van der Waals surface area contributed by atoms with Gasteiger partial charge in [-0.25, -0.2) is 9.59 Å². The van der Waals surface area contributed by atoms with E-state index in [1.807, 2.05) is 0 Å². The van der Waals surface area contributed by atoms with Crippen LogP contribution in [0.5, 0.6) is 0 Å². The highest BCUT2D eigenvalue weighted by Gasteiger charge is 2.64. The van der Waals surface area contributed by atoms with Crippen LogP contribution in [-0.2, 0) is 19.2 Å². The van der Waals surface area contributed by atoms with E-state index in [1.54, 1.807) is 25.7 Å². The van der Waals surface area contributed by atoms with Crippen molar-refractivity contribution in [1.29, 1.82) is 0 Å². The lowest BCUT2D eigenvalue weighted by atomic mass is 9.85. The first-order chi connectivity index (χ1) is 15.5. The highest BCUT2D eigenvalue weighted by atomic mass is 16.7. The molecule has 3 saturated heterocycles. The third-order valence-corrected chi connectivity index (χ3v) is 6.91. The number of ether oxygens (including phenoxy) is 1. The van der Waals surface area contributed by atoms with Gasteiger partial charge in [0, 0.05) is 19.6 Å². The maximum atomic E-state index is 12.9. The first-order valence-corrected chi connectivity index (χ1v) is 11.8. The molecule has 1 spiro atoms. The second-order valence-electron chi connectivity index (χ2n) is 10.6. The SMILES string of the molecule is CCCCON1C(=O)N2C[C@@H]1C1(CC1)C[C@H]2C(=O)NNC(=O)C1CN(C(=O)OC(C)(C)C)C1. The summed E-state index contributed by atoms with van der Waals surface area (Å²) < 4.78 is 5.28. The standard InChI is InChI=1S/C22H35N5O6/c1-5-6-9-32-27-16-13-26(19(27)30)15(10-22(16)7-8-22)18(29)24-23-17(28)14-11-25(12-14)20(31)33-21(2,3)4/h14-16H,5-13H2,1-4H3,(H,23,28)(H,24,29)/t15-,16+/m0/s1. The normalized spacial score (nSPS) is 25.7. The third-order valence-electron chi connectivity index (χ3n) is 6.91. The maximum Gasteiger partial charge on any atom is 0.410 e.